The summed E-state index contributed by atoms with van der Waals surface area (Å²) >= 11 is 12.6. The van der Waals surface area contributed by atoms with E-state index in [1.165, 1.54) is 0 Å². The van der Waals surface area contributed by atoms with Crippen LogP contribution in [0.1, 0.15) is 47.9 Å². The molecular formula is C42H33Cl2F3N4O6. The molecule has 3 heterocycles. The largest absolute Gasteiger partial charge is 0.504 e. The Morgan fingerprint density at radius 2 is 1.72 bits per heavy atom. The number of amides is 4. The second-order valence-corrected chi connectivity index (χ2v) is 15.2. The molecule has 4 amide bonds. The van der Waals surface area contributed by atoms with Gasteiger partial charge in [-0.15, -0.1) is 0 Å². The molecule has 10 nitrogen and oxygen atoms in total. The van der Waals surface area contributed by atoms with Crippen LogP contribution >= 0.6 is 23.2 Å². The molecule has 4 aromatic rings. The Labute approximate surface area is 334 Å². The van der Waals surface area contributed by atoms with Gasteiger partial charge in [0.2, 0.25) is 11.8 Å². The van der Waals surface area contributed by atoms with E-state index < -0.39 is 75.4 Å². The zero-order valence-corrected chi connectivity index (χ0v) is 31.6. The summed E-state index contributed by atoms with van der Waals surface area (Å²) in [5, 5.41) is 12.5. The number of imide groups is 2. The van der Waals surface area contributed by atoms with Crippen LogP contribution in [0.2, 0.25) is 10.0 Å². The zero-order valence-electron chi connectivity index (χ0n) is 30.1. The number of carbonyl (C=O) groups excluding carboxylic acids is 4. The molecular weight excluding hydrogens is 784 g/mol. The summed E-state index contributed by atoms with van der Waals surface area (Å²) in [5.41, 5.74) is 1.92. The molecule has 1 saturated carbocycles. The van der Waals surface area contributed by atoms with Gasteiger partial charge in [-0.3, -0.25) is 29.5 Å². The first-order valence-electron chi connectivity index (χ1n) is 18.1. The van der Waals surface area contributed by atoms with Gasteiger partial charge in [0, 0.05) is 22.7 Å². The van der Waals surface area contributed by atoms with Crippen LogP contribution in [0.3, 0.4) is 0 Å². The third-order valence-electron chi connectivity index (χ3n) is 11.6. The van der Waals surface area contributed by atoms with Crippen molar-refractivity contribution in [3.63, 3.8) is 0 Å². The fourth-order valence-electron chi connectivity index (χ4n) is 9.19. The van der Waals surface area contributed by atoms with Crippen LogP contribution in [-0.4, -0.2) is 45.3 Å². The molecule has 2 saturated heterocycles. The summed E-state index contributed by atoms with van der Waals surface area (Å²) < 4.78 is 46.3. The van der Waals surface area contributed by atoms with Gasteiger partial charge in [-0.25, -0.2) is 4.98 Å². The number of hydrogen-bond acceptors (Lipinski definition) is 8. The lowest BCUT2D eigenvalue weighted by atomic mass is 9.49. The number of nitrogens with zero attached hydrogens (tertiary/aromatic N) is 3. The normalized spacial score (nSPS) is 25.5. The second kappa shape index (κ2) is 14.1. The van der Waals surface area contributed by atoms with Crippen LogP contribution in [-0.2, 0) is 30.8 Å². The second-order valence-electron chi connectivity index (χ2n) is 14.4. The number of hydrogen-bond donors (Lipinski definition) is 2. The quantitative estimate of drug-likeness (QED) is 0.134. The van der Waals surface area contributed by atoms with Crippen molar-refractivity contribution < 1.29 is 42.2 Å². The Morgan fingerprint density at radius 1 is 1.00 bits per heavy atom. The summed E-state index contributed by atoms with van der Waals surface area (Å²) in [7, 11) is 0. The van der Waals surface area contributed by atoms with Gasteiger partial charge < -0.3 is 9.84 Å². The standard InChI is InChI=1S/C42H33Cl2F3N4O6/c1-3-21-8-14-25(15-9-21)50-37(53)27-17-16-26-29(33(27)39(50)55)19-30-38(54)51(49-36-31(44)18-23(20-48-36)42(45,46)47)40(56)41(30,22-10-12-24(43)13-11-22)34(26)28-6-5-7-32(35(28)52)57-4-2/h3,5-16,18,20,27,29-30,33-34,52H,1,4,17,19H2,2H3,(H,48,49). The Kier molecular flexibility index (Phi) is 9.43. The van der Waals surface area contributed by atoms with Crippen LogP contribution in [0.25, 0.3) is 6.08 Å². The predicted molar refractivity (Wildman–Crippen MR) is 205 cm³/mol. The van der Waals surface area contributed by atoms with Gasteiger partial charge in [0.25, 0.3) is 11.8 Å². The van der Waals surface area contributed by atoms with Crippen LogP contribution in [0, 0.1) is 23.7 Å². The molecule has 2 N–H and O–H groups in total. The fraction of sp³-hybridized carbons (Fsp3) is 0.262. The molecule has 1 aromatic heterocycles. The number of benzene rings is 3. The molecule has 3 aromatic carbocycles. The molecule has 0 spiro atoms. The number of alkyl halides is 3. The van der Waals surface area contributed by atoms with E-state index in [1.807, 2.05) is 6.08 Å². The number of rotatable bonds is 8. The Balaban J connectivity index is 1.32. The van der Waals surface area contributed by atoms with Gasteiger partial charge in [-0.1, -0.05) is 83.9 Å². The number of phenolic OH excluding ortho intramolecular Hbond substituents is 1. The van der Waals surface area contributed by atoms with Crippen molar-refractivity contribution in [2.24, 2.45) is 23.7 Å². The maximum absolute atomic E-state index is 15.4. The molecule has 2 aliphatic carbocycles. The number of aromatic hydroxyl groups is 1. The van der Waals surface area contributed by atoms with Crippen LogP contribution in [0.4, 0.5) is 24.7 Å². The highest BCUT2D eigenvalue weighted by molar-refractivity contribution is 6.33. The average molecular weight is 818 g/mol. The molecule has 6 unspecified atom stereocenters. The van der Waals surface area contributed by atoms with E-state index in [2.05, 4.69) is 17.0 Å². The highest BCUT2D eigenvalue weighted by Gasteiger charge is 2.71. The number of ether oxygens (including phenoxy) is 1. The lowest BCUT2D eigenvalue weighted by Gasteiger charge is -2.50. The topological polar surface area (TPSA) is 129 Å². The number of pyridine rings is 1. The smallest absolute Gasteiger partial charge is 0.417 e. The van der Waals surface area contributed by atoms with Gasteiger partial charge in [0.1, 0.15) is 0 Å². The minimum atomic E-state index is -4.77. The summed E-state index contributed by atoms with van der Waals surface area (Å²) in [4.78, 5) is 64.0. The number of phenols is 1. The summed E-state index contributed by atoms with van der Waals surface area (Å²) in [6.45, 7) is 5.69. The van der Waals surface area contributed by atoms with Crippen molar-refractivity contribution in [3.05, 3.63) is 130 Å². The SMILES string of the molecule is C=Cc1ccc(N2C(=O)C3CC=C4C(CC5C(=O)N(Nc6ncc(C(F)(F)F)cc6Cl)C(=O)C5(c5ccc(Cl)cc5)C4c4cccc(OCC)c4O)C3C2=O)cc1. The van der Waals surface area contributed by atoms with Crippen molar-refractivity contribution in [1.82, 2.24) is 9.99 Å². The van der Waals surface area contributed by atoms with Crippen molar-refractivity contribution >= 4 is 64.4 Å². The van der Waals surface area contributed by atoms with Crippen LogP contribution in [0.15, 0.2) is 97.2 Å². The third kappa shape index (κ3) is 5.89. The maximum Gasteiger partial charge on any atom is 0.417 e. The van der Waals surface area contributed by atoms with E-state index in [4.69, 9.17) is 27.9 Å². The number of carbonyl (C=O) groups is 4. The molecule has 2 aliphatic heterocycles. The van der Waals surface area contributed by atoms with Gasteiger partial charge >= 0.3 is 6.18 Å². The van der Waals surface area contributed by atoms with E-state index in [1.54, 1.807) is 79.7 Å². The van der Waals surface area contributed by atoms with E-state index >= 15 is 4.79 Å². The Bertz CT molecular complexity index is 2390. The van der Waals surface area contributed by atoms with Crippen LogP contribution < -0.4 is 15.1 Å². The monoisotopic (exact) mass is 816 g/mol. The molecule has 4 aliphatic rings. The highest BCUT2D eigenvalue weighted by Crippen LogP contribution is 2.65. The lowest BCUT2D eigenvalue weighted by Crippen LogP contribution is -2.53. The number of nitrogens with one attached hydrogen (secondary N) is 1. The Hall–Kier alpha value is -5.66. The number of hydrazine groups is 1. The summed E-state index contributed by atoms with van der Waals surface area (Å²) in [6, 6.07) is 18.6. The molecule has 3 fully saturated rings. The summed E-state index contributed by atoms with van der Waals surface area (Å²) in [6.07, 6.45) is -0.732. The number of halogens is 5. The van der Waals surface area contributed by atoms with E-state index in [0.717, 1.165) is 10.5 Å². The van der Waals surface area contributed by atoms with Crippen molar-refractivity contribution in [2.45, 2.75) is 37.3 Å². The molecule has 15 heteroatoms. The highest BCUT2D eigenvalue weighted by atomic mass is 35.5. The lowest BCUT2D eigenvalue weighted by molar-refractivity contribution is -0.139. The fourth-order valence-corrected chi connectivity index (χ4v) is 9.52. The molecule has 6 atom stereocenters. The number of fused-ring (bicyclic) bond motifs is 4. The van der Waals surface area contributed by atoms with Crippen molar-refractivity contribution in [2.75, 3.05) is 16.9 Å². The Morgan fingerprint density at radius 3 is 2.37 bits per heavy atom. The molecule has 292 valence electrons. The number of allylic oxidation sites excluding steroid dienone is 2. The van der Waals surface area contributed by atoms with Gasteiger partial charge in [0.05, 0.1) is 46.0 Å². The van der Waals surface area contributed by atoms with Gasteiger partial charge in [0.15, 0.2) is 17.3 Å². The minimum Gasteiger partial charge on any atom is -0.504 e. The van der Waals surface area contributed by atoms with E-state index in [9.17, 15) is 32.7 Å². The molecule has 0 bridgehead atoms. The first-order valence-corrected chi connectivity index (χ1v) is 18.9. The minimum absolute atomic E-state index is 0.0861. The number of para-hydroxylation sites is 1. The molecule has 8 rings (SSSR count). The first-order chi connectivity index (χ1) is 27.2. The van der Waals surface area contributed by atoms with Crippen LogP contribution in [0.5, 0.6) is 11.5 Å². The van der Waals surface area contributed by atoms with Crippen molar-refractivity contribution in [3.8, 4) is 11.5 Å². The number of anilines is 2. The van der Waals surface area contributed by atoms with Gasteiger partial charge in [-0.05, 0) is 73.2 Å². The molecule has 57 heavy (non-hydrogen) atoms. The number of aromatic nitrogens is 1. The molecule has 0 radical (unpaired) electrons. The van der Waals surface area contributed by atoms with E-state index in [0.29, 0.717) is 39.1 Å². The first kappa shape index (κ1) is 38.2. The predicted octanol–water partition coefficient (Wildman–Crippen LogP) is 8.34. The average Bonchev–Trinajstić information content (AvgIpc) is 3.57. The van der Waals surface area contributed by atoms with Gasteiger partial charge in [-0.2, -0.15) is 18.2 Å². The summed E-state index contributed by atoms with van der Waals surface area (Å²) in [5.74, 6) is -7.92. The third-order valence-corrected chi connectivity index (χ3v) is 12.1. The van der Waals surface area contributed by atoms with Crippen molar-refractivity contribution in [1.29, 1.82) is 0 Å². The zero-order chi connectivity index (χ0) is 40.6. The maximum atomic E-state index is 15.4. The van der Waals surface area contributed by atoms with E-state index in [-0.39, 0.29) is 42.3 Å².